The van der Waals surface area contributed by atoms with E-state index in [2.05, 4.69) is 6.92 Å². The van der Waals surface area contributed by atoms with E-state index in [1.807, 2.05) is 30.8 Å². The molecule has 2 rings (SSSR count). The van der Waals surface area contributed by atoms with E-state index in [9.17, 15) is 4.79 Å². The van der Waals surface area contributed by atoms with Gasteiger partial charge in [-0.3, -0.25) is 4.79 Å². The molecule has 0 amide bonds. The van der Waals surface area contributed by atoms with Crippen LogP contribution in [-0.4, -0.2) is 18.1 Å². The van der Waals surface area contributed by atoms with Crippen molar-refractivity contribution in [2.24, 2.45) is 0 Å². The average molecular weight is 236 g/mol. The monoisotopic (exact) mass is 236 g/mol. The third-order valence-corrected chi connectivity index (χ3v) is 4.15. The molecule has 16 heavy (non-hydrogen) atoms. The molecule has 0 N–H and O–H groups in total. The van der Waals surface area contributed by atoms with Crippen molar-refractivity contribution < 1.29 is 9.53 Å². The zero-order valence-electron chi connectivity index (χ0n) is 9.87. The molecule has 0 aromatic heterocycles. The van der Waals surface area contributed by atoms with Crippen molar-refractivity contribution in [1.29, 1.82) is 0 Å². The molecule has 2 nitrogen and oxygen atoms in total. The Morgan fingerprint density at radius 3 is 2.88 bits per heavy atom. The first-order valence-corrected chi connectivity index (χ1v) is 6.49. The Labute approximate surface area is 100 Å². The summed E-state index contributed by atoms with van der Waals surface area (Å²) in [6.07, 6.45) is 0.631. The Morgan fingerprint density at radius 1 is 1.44 bits per heavy atom. The summed E-state index contributed by atoms with van der Waals surface area (Å²) in [4.78, 5) is 12.1. The number of hydrogen-bond donors (Lipinski definition) is 0. The number of thioether (sulfide) groups is 1. The predicted octanol–water partition coefficient (Wildman–Crippen LogP) is 3.21. The molecule has 3 heteroatoms. The number of methoxy groups -OCH3 is 1. The van der Waals surface area contributed by atoms with Crippen LogP contribution in [0.15, 0.2) is 12.1 Å². The highest BCUT2D eigenvalue weighted by Gasteiger charge is 2.24. The number of rotatable bonds is 1. The fraction of sp³-hybridized carbons (Fsp3) is 0.462. The first kappa shape index (κ1) is 11.5. The summed E-state index contributed by atoms with van der Waals surface area (Å²) in [7, 11) is 1.66. The Balaban J connectivity index is 2.57. The number of carbonyl (C=O) groups excluding carboxylic acids is 1. The van der Waals surface area contributed by atoms with Gasteiger partial charge in [0.2, 0.25) is 0 Å². The second-order valence-corrected chi connectivity index (χ2v) is 5.61. The third-order valence-electron chi connectivity index (χ3n) is 2.96. The molecule has 0 saturated heterocycles. The molecule has 0 saturated carbocycles. The summed E-state index contributed by atoms with van der Waals surface area (Å²) in [5.41, 5.74) is 3.02. The molecule has 1 atom stereocenters. The molecule has 1 heterocycles. The molecule has 1 aliphatic rings. The minimum atomic E-state index is 0.254. The van der Waals surface area contributed by atoms with Gasteiger partial charge < -0.3 is 4.74 Å². The second-order valence-electron chi connectivity index (χ2n) is 4.19. The van der Waals surface area contributed by atoms with E-state index in [1.54, 1.807) is 7.11 Å². The lowest BCUT2D eigenvalue weighted by Crippen LogP contribution is -2.08. The lowest BCUT2D eigenvalue weighted by atomic mass is 9.96. The van der Waals surface area contributed by atoms with Crippen LogP contribution in [-0.2, 0) is 5.75 Å². The Bertz CT molecular complexity index is 426. The Kier molecular flexibility index (Phi) is 3.24. The van der Waals surface area contributed by atoms with E-state index in [1.165, 1.54) is 0 Å². The highest BCUT2D eigenvalue weighted by molar-refractivity contribution is 7.99. The van der Waals surface area contributed by atoms with Crippen LogP contribution in [0.2, 0.25) is 0 Å². The van der Waals surface area contributed by atoms with Crippen LogP contribution in [0.5, 0.6) is 5.75 Å². The summed E-state index contributed by atoms with van der Waals surface area (Å²) in [5.74, 6) is 1.96. The molecule has 1 aromatic rings. The van der Waals surface area contributed by atoms with Crippen LogP contribution in [0.1, 0.15) is 34.8 Å². The first-order chi connectivity index (χ1) is 7.63. The van der Waals surface area contributed by atoms with E-state index >= 15 is 0 Å². The minimum Gasteiger partial charge on any atom is -0.496 e. The molecule has 1 aliphatic heterocycles. The van der Waals surface area contributed by atoms with E-state index < -0.39 is 0 Å². The van der Waals surface area contributed by atoms with Crippen LogP contribution >= 0.6 is 11.8 Å². The maximum absolute atomic E-state index is 12.1. The standard InChI is InChI=1S/C13H16O2S/c1-8-4-5-12(15-3)10-7-16-9(2)6-11(14)13(8)10/h4-5,9H,6-7H2,1-3H3. The van der Waals surface area contributed by atoms with Gasteiger partial charge in [-0.2, -0.15) is 11.8 Å². The number of Topliss-reactive ketones (excluding diaryl/α,β-unsaturated/α-hetero) is 1. The highest BCUT2D eigenvalue weighted by Crippen LogP contribution is 2.35. The van der Waals surface area contributed by atoms with Gasteiger partial charge in [0.15, 0.2) is 5.78 Å². The van der Waals surface area contributed by atoms with E-state index in [0.717, 1.165) is 28.2 Å². The second kappa shape index (κ2) is 4.50. The third kappa shape index (κ3) is 1.96. The summed E-state index contributed by atoms with van der Waals surface area (Å²) in [6, 6.07) is 3.92. The summed E-state index contributed by atoms with van der Waals surface area (Å²) >= 11 is 1.82. The Hall–Kier alpha value is -0.960. The van der Waals surface area contributed by atoms with Crippen LogP contribution in [0.4, 0.5) is 0 Å². The summed E-state index contributed by atoms with van der Waals surface area (Å²) < 4.78 is 5.34. The van der Waals surface area contributed by atoms with Gasteiger partial charge in [0.25, 0.3) is 0 Å². The van der Waals surface area contributed by atoms with Crippen LogP contribution < -0.4 is 4.74 Å². The first-order valence-electron chi connectivity index (χ1n) is 5.44. The van der Waals surface area contributed by atoms with Gasteiger partial charge in [-0.15, -0.1) is 0 Å². The van der Waals surface area contributed by atoms with Gasteiger partial charge in [-0.25, -0.2) is 0 Å². The molecule has 0 fully saturated rings. The quantitative estimate of drug-likeness (QED) is 0.749. The van der Waals surface area contributed by atoms with E-state index in [0.29, 0.717) is 11.7 Å². The van der Waals surface area contributed by atoms with Crippen molar-refractivity contribution in [3.05, 3.63) is 28.8 Å². The summed E-state index contributed by atoms with van der Waals surface area (Å²) in [6.45, 7) is 4.10. The number of carbonyl (C=O) groups is 1. The number of aryl methyl sites for hydroxylation is 1. The number of benzene rings is 1. The van der Waals surface area contributed by atoms with Crippen molar-refractivity contribution in [2.45, 2.75) is 31.3 Å². The van der Waals surface area contributed by atoms with Gasteiger partial charge in [-0.1, -0.05) is 13.0 Å². The summed E-state index contributed by atoms with van der Waals surface area (Å²) in [5, 5.41) is 0.393. The predicted molar refractivity (Wildman–Crippen MR) is 67.4 cm³/mol. The molecule has 0 radical (unpaired) electrons. The fourth-order valence-electron chi connectivity index (χ4n) is 2.12. The highest BCUT2D eigenvalue weighted by atomic mass is 32.2. The van der Waals surface area contributed by atoms with Gasteiger partial charge in [0.05, 0.1) is 7.11 Å². The molecule has 0 aliphatic carbocycles. The lowest BCUT2D eigenvalue weighted by Gasteiger charge is -2.12. The molecule has 0 spiro atoms. The smallest absolute Gasteiger partial charge is 0.164 e. The van der Waals surface area contributed by atoms with Crippen molar-refractivity contribution in [1.82, 2.24) is 0 Å². The SMILES string of the molecule is COc1ccc(C)c2c1CSC(C)CC2=O. The minimum absolute atomic E-state index is 0.254. The number of ether oxygens (including phenoxy) is 1. The van der Waals surface area contributed by atoms with E-state index in [-0.39, 0.29) is 5.78 Å². The molecular weight excluding hydrogens is 220 g/mol. The average Bonchev–Trinajstić information content (AvgIpc) is 2.39. The van der Waals surface area contributed by atoms with Crippen molar-refractivity contribution in [2.75, 3.05) is 7.11 Å². The Morgan fingerprint density at radius 2 is 2.19 bits per heavy atom. The number of fused-ring (bicyclic) bond motifs is 1. The van der Waals surface area contributed by atoms with Gasteiger partial charge in [-0.05, 0) is 18.6 Å². The number of ketones is 1. The maximum atomic E-state index is 12.1. The zero-order chi connectivity index (χ0) is 11.7. The lowest BCUT2D eigenvalue weighted by molar-refractivity contribution is 0.0982. The van der Waals surface area contributed by atoms with Crippen molar-refractivity contribution in [3.8, 4) is 5.75 Å². The van der Waals surface area contributed by atoms with Gasteiger partial charge in [0.1, 0.15) is 5.75 Å². The van der Waals surface area contributed by atoms with Gasteiger partial charge in [0, 0.05) is 28.6 Å². The van der Waals surface area contributed by atoms with Crippen molar-refractivity contribution in [3.63, 3.8) is 0 Å². The molecule has 1 aromatic carbocycles. The van der Waals surface area contributed by atoms with Gasteiger partial charge >= 0.3 is 0 Å². The normalized spacial score (nSPS) is 20.2. The van der Waals surface area contributed by atoms with Crippen LogP contribution in [0.3, 0.4) is 0 Å². The van der Waals surface area contributed by atoms with Crippen LogP contribution in [0.25, 0.3) is 0 Å². The number of hydrogen-bond acceptors (Lipinski definition) is 3. The molecular formula is C13H16O2S. The fourth-order valence-corrected chi connectivity index (χ4v) is 3.12. The topological polar surface area (TPSA) is 26.3 Å². The van der Waals surface area contributed by atoms with Crippen LogP contribution in [0, 0.1) is 6.92 Å². The van der Waals surface area contributed by atoms with E-state index in [4.69, 9.17) is 4.74 Å². The van der Waals surface area contributed by atoms with Crippen molar-refractivity contribution >= 4 is 17.5 Å². The molecule has 0 bridgehead atoms. The largest absolute Gasteiger partial charge is 0.496 e. The zero-order valence-corrected chi connectivity index (χ0v) is 10.7. The maximum Gasteiger partial charge on any atom is 0.164 e. The molecule has 86 valence electrons. The molecule has 1 unspecified atom stereocenters.